The molecule has 0 aromatic carbocycles. The van der Waals surface area contributed by atoms with Gasteiger partial charge in [-0.2, -0.15) is 0 Å². The zero-order valence-corrected chi connectivity index (χ0v) is 11.5. The first-order valence-electron chi connectivity index (χ1n) is 5.65. The maximum Gasteiger partial charge on any atom is 0.410 e. The van der Waals surface area contributed by atoms with Gasteiger partial charge in [-0.3, -0.25) is 4.79 Å². The zero-order chi connectivity index (χ0) is 13.2. The summed E-state index contributed by atoms with van der Waals surface area (Å²) in [6.07, 6.45) is -0.341. The summed E-state index contributed by atoms with van der Waals surface area (Å²) in [6.45, 7) is 8.70. The molecule has 1 unspecified atom stereocenters. The second kappa shape index (κ2) is 5.12. The van der Waals surface area contributed by atoms with Crippen LogP contribution >= 0.6 is 11.6 Å². The fourth-order valence-corrected chi connectivity index (χ4v) is 1.86. The van der Waals surface area contributed by atoms with E-state index in [2.05, 4.69) is 0 Å². The minimum Gasteiger partial charge on any atom is -0.444 e. The van der Waals surface area contributed by atoms with Crippen molar-refractivity contribution in [2.24, 2.45) is 0 Å². The summed E-state index contributed by atoms with van der Waals surface area (Å²) in [6, 6.07) is -0.0821. The van der Waals surface area contributed by atoms with Crippen LogP contribution in [0, 0.1) is 0 Å². The quantitative estimate of drug-likeness (QED) is 0.497. The van der Waals surface area contributed by atoms with Crippen LogP contribution in [0.2, 0.25) is 0 Å². The van der Waals surface area contributed by atoms with Gasteiger partial charge in [-0.25, -0.2) is 4.79 Å². The van der Waals surface area contributed by atoms with Crippen LogP contribution in [0.15, 0.2) is 0 Å². The standard InChI is InChI=1S/C11H19ClN2O3/c1-8-7-13(9(12)15)5-6-14(8)10(16)17-11(2,3)4/h8H,5-7H2,1-4H3. The molecule has 98 valence electrons. The Bertz CT molecular complexity index is 314. The fourth-order valence-electron chi connectivity index (χ4n) is 1.71. The topological polar surface area (TPSA) is 49.9 Å². The van der Waals surface area contributed by atoms with Gasteiger partial charge in [0.05, 0.1) is 0 Å². The van der Waals surface area contributed by atoms with Crippen molar-refractivity contribution in [1.82, 2.24) is 9.80 Å². The van der Waals surface area contributed by atoms with E-state index in [1.54, 1.807) is 4.90 Å². The number of rotatable bonds is 0. The minimum atomic E-state index is -0.504. The van der Waals surface area contributed by atoms with E-state index in [0.29, 0.717) is 19.6 Å². The summed E-state index contributed by atoms with van der Waals surface area (Å²) in [5, 5.41) is -0.472. The molecule has 1 rings (SSSR count). The molecule has 1 atom stereocenters. The largest absolute Gasteiger partial charge is 0.444 e. The normalized spacial score (nSPS) is 21.4. The van der Waals surface area contributed by atoms with E-state index in [-0.39, 0.29) is 12.1 Å². The molecule has 0 saturated carbocycles. The first-order chi connectivity index (χ1) is 7.70. The van der Waals surface area contributed by atoms with Gasteiger partial charge >= 0.3 is 11.5 Å². The summed E-state index contributed by atoms with van der Waals surface area (Å²) >= 11 is 5.41. The van der Waals surface area contributed by atoms with Crippen molar-refractivity contribution < 1.29 is 14.3 Å². The van der Waals surface area contributed by atoms with E-state index < -0.39 is 11.0 Å². The molecule has 1 fully saturated rings. The average molecular weight is 263 g/mol. The first kappa shape index (κ1) is 14.1. The smallest absolute Gasteiger partial charge is 0.410 e. The van der Waals surface area contributed by atoms with Crippen LogP contribution in [0.5, 0.6) is 0 Å². The molecule has 0 radical (unpaired) electrons. The van der Waals surface area contributed by atoms with Crippen molar-refractivity contribution in [2.45, 2.75) is 39.3 Å². The van der Waals surface area contributed by atoms with Crippen LogP contribution in [0.4, 0.5) is 9.59 Å². The third kappa shape index (κ3) is 4.07. The predicted molar refractivity (Wildman–Crippen MR) is 65.2 cm³/mol. The molecule has 5 nitrogen and oxygen atoms in total. The van der Waals surface area contributed by atoms with Crippen LogP contribution in [-0.4, -0.2) is 52.5 Å². The second-order valence-electron chi connectivity index (χ2n) is 5.22. The summed E-state index contributed by atoms with van der Waals surface area (Å²) in [5.74, 6) is 0. The Balaban J connectivity index is 2.58. The molecule has 0 spiro atoms. The molecule has 17 heavy (non-hydrogen) atoms. The van der Waals surface area contributed by atoms with Crippen LogP contribution in [0.3, 0.4) is 0 Å². The maximum atomic E-state index is 11.9. The van der Waals surface area contributed by atoms with Crippen LogP contribution in [0.1, 0.15) is 27.7 Å². The van der Waals surface area contributed by atoms with Crippen molar-refractivity contribution in [2.75, 3.05) is 19.6 Å². The van der Waals surface area contributed by atoms with Crippen LogP contribution < -0.4 is 0 Å². The summed E-state index contributed by atoms with van der Waals surface area (Å²) in [5.41, 5.74) is -0.504. The first-order valence-corrected chi connectivity index (χ1v) is 6.02. The number of hydrogen-bond acceptors (Lipinski definition) is 3. The van der Waals surface area contributed by atoms with E-state index in [9.17, 15) is 9.59 Å². The van der Waals surface area contributed by atoms with E-state index >= 15 is 0 Å². The van der Waals surface area contributed by atoms with Gasteiger partial charge in [-0.1, -0.05) is 0 Å². The Labute approximate surface area is 107 Å². The third-order valence-corrected chi connectivity index (χ3v) is 2.74. The molecule has 0 bridgehead atoms. The number of nitrogens with zero attached hydrogens (tertiary/aromatic N) is 2. The van der Waals surface area contributed by atoms with Gasteiger partial charge in [-0.05, 0) is 39.3 Å². The minimum absolute atomic E-state index is 0.0821. The highest BCUT2D eigenvalue weighted by Crippen LogP contribution is 2.16. The lowest BCUT2D eigenvalue weighted by atomic mass is 10.2. The number of ether oxygens (including phenoxy) is 1. The monoisotopic (exact) mass is 262 g/mol. The van der Waals surface area contributed by atoms with E-state index in [0.717, 1.165) is 0 Å². The highest BCUT2D eigenvalue weighted by atomic mass is 35.5. The number of carbonyl (C=O) groups is 2. The van der Waals surface area contributed by atoms with Crippen molar-refractivity contribution in [3.63, 3.8) is 0 Å². The van der Waals surface area contributed by atoms with E-state index in [4.69, 9.17) is 16.3 Å². The molecule has 6 heteroatoms. The number of piperazine rings is 1. The molecular weight excluding hydrogens is 244 g/mol. The number of hydrogen-bond donors (Lipinski definition) is 0. The Morgan fingerprint density at radius 1 is 1.29 bits per heavy atom. The Hall–Kier alpha value is -0.970. The highest BCUT2D eigenvalue weighted by Gasteiger charge is 2.31. The van der Waals surface area contributed by atoms with E-state index in [1.165, 1.54) is 4.90 Å². The molecule has 0 aromatic rings. The van der Waals surface area contributed by atoms with Crippen molar-refractivity contribution >= 4 is 23.1 Å². The van der Waals surface area contributed by atoms with E-state index in [1.807, 2.05) is 27.7 Å². The molecular formula is C11H19ClN2O3. The number of halogens is 1. The predicted octanol–water partition coefficient (Wildman–Crippen LogP) is 2.29. The molecule has 1 heterocycles. The molecule has 1 aliphatic heterocycles. The second-order valence-corrected chi connectivity index (χ2v) is 5.55. The summed E-state index contributed by atoms with van der Waals surface area (Å²) < 4.78 is 5.29. The van der Waals surface area contributed by atoms with Gasteiger partial charge in [0.25, 0.3) is 0 Å². The Kier molecular flexibility index (Phi) is 4.25. The molecule has 1 aliphatic rings. The van der Waals surface area contributed by atoms with Gasteiger partial charge < -0.3 is 14.5 Å². The Morgan fingerprint density at radius 2 is 1.88 bits per heavy atom. The van der Waals surface area contributed by atoms with Gasteiger partial charge in [-0.15, -0.1) is 0 Å². The summed E-state index contributed by atoms with van der Waals surface area (Å²) in [7, 11) is 0. The van der Waals surface area contributed by atoms with Crippen LogP contribution in [0.25, 0.3) is 0 Å². The van der Waals surface area contributed by atoms with Gasteiger partial charge in [0.2, 0.25) is 0 Å². The maximum absolute atomic E-state index is 11.9. The lowest BCUT2D eigenvalue weighted by Crippen LogP contribution is -2.55. The lowest BCUT2D eigenvalue weighted by Gasteiger charge is -2.39. The lowest BCUT2D eigenvalue weighted by molar-refractivity contribution is 0.00633. The summed E-state index contributed by atoms with van der Waals surface area (Å²) in [4.78, 5) is 26.0. The zero-order valence-electron chi connectivity index (χ0n) is 10.7. The molecule has 2 amide bonds. The van der Waals surface area contributed by atoms with Crippen LogP contribution in [-0.2, 0) is 4.74 Å². The fraction of sp³-hybridized carbons (Fsp3) is 0.818. The van der Waals surface area contributed by atoms with Gasteiger partial charge in [0.15, 0.2) is 0 Å². The van der Waals surface area contributed by atoms with Crippen molar-refractivity contribution in [3.8, 4) is 0 Å². The van der Waals surface area contributed by atoms with Crippen molar-refractivity contribution in [1.29, 1.82) is 0 Å². The molecule has 0 N–H and O–H groups in total. The SMILES string of the molecule is CC1CN(C(=O)Cl)CCN1C(=O)OC(C)(C)C. The number of carbonyl (C=O) groups excluding carboxylic acids is 2. The Morgan fingerprint density at radius 3 is 2.29 bits per heavy atom. The van der Waals surface area contributed by atoms with Gasteiger partial charge in [0, 0.05) is 25.7 Å². The number of amides is 2. The average Bonchev–Trinajstić information content (AvgIpc) is 2.14. The molecule has 0 aliphatic carbocycles. The van der Waals surface area contributed by atoms with Crippen molar-refractivity contribution in [3.05, 3.63) is 0 Å². The third-order valence-electron chi connectivity index (χ3n) is 2.50. The van der Waals surface area contributed by atoms with Gasteiger partial charge in [0.1, 0.15) is 5.60 Å². The molecule has 1 saturated heterocycles. The highest BCUT2D eigenvalue weighted by molar-refractivity contribution is 6.62. The molecule has 0 aromatic heterocycles.